The van der Waals surface area contributed by atoms with Gasteiger partial charge in [-0.3, -0.25) is 0 Å². The average molecular weight is 482 g/mol. The first kappa shape index (κ1) is 13.5. The van der Waals surface area contributed by atoms with E-state index in [4.69, 9.17) is 25.0 Å². The van der Waals surface area contributed by atoms with Crippen LogP contribution in [0.15, 0.2) is 4.60 Å². The van der Waals surface area contributed by atoms with Gasteiger partial charge < -0.3 is 23.8 Å². The Bertz CT molecular complexity index is 1020. The van der Waals surface area contributed by atoms with E-state index in [0.29, 0.717) is 4.78 Å². The summed E-state index contributed by atoms with van der Waals surface area (Å²) < 4.78 is 85.7. The Morgan fingerprint density at radius 2 is 1.75 bits per heavy atom. The van der Waals surface area contributed by atoms with Gasteiger partial charge in [-0.15, -0.1) is 11.3 Å². The largest absolute Gasteiger partial charge is 0.508 e. The first-order valence-corrected chi connectivity index (χ1v) is 10.3. The van der Waals surface area contributed by atoms with Gasteiger partial charge in [0.05, 0.1) is 26.9 Å². The number of hydrogen-bond donors (Lipinski definition) is 0. The van der Waals surface area contributed by atoms with E-state index < -0.39 is 56.0 Å². The highest BCUT2D eigenvalue weighted by molar-refractivity contribution is 9.10. The lowest BCUT2D eigenvalue weighted by molar-refractivity contribution is 0.00578. The summed E-state index contributed by atoms with van der Waals surface area (Å²) in [5.74, 6) is 0. The second-order valence-corrected chi connectivity index (χ2v) is 10.1. The minimum Gasteiger partial charge on any atom is -0.444 e. The first-order chi connectivity index (χ1) is 15.8. The van der Waals surface area contributed by atoms with E-state index in [0.717, 1.165) is 11.3 Å². The second kappa shape index (κ2) is 7.45. The van der Waals surface area contributed by atoms with E-state index in [1.54, 1.807) is 0 Å². The van der Waals surface area contributed by atoms with E-state index in [1.807, 2.05) is 27.7 Å². The van der Waals surface area contributed by atoms with Crippen molar-refractivity contribution < 1.29 is 29.8 Å². The van der Waals surface area contributed by atoms with E-state index in [2.05, 4.69) is 20.9 Å². The topological polar surface area (TPSA) is 64.1 Å². The zero-order valence-corrected chi connectivity index (χ0v) is 19.2. The minimum absolute atomic E-state index is 0.142. The molecule has 0 spiro atoms. The maximum Gasteiger partial charge on any atom is 0.508 e. The van der Waals surface area contributed by atoms with Crippen molar-refractivity contribution in [3.63, 3.8) is 0 Å². The molecule has 156 valence electrons. The molecule has 2 aliphatic rings. The molecule has 1 aromatic rings. The average Bonchev–Trinajstić information content (AvgIpc) is 3.07. The predicted molar refractivity (Wildman–Crippen MR) is 116 cm³/mol. The Balaban J connectivity index is 2.12. The molecule has 0 unspecified atom stereocenters. The van der Waals surface area contributed by atoms with Crippen LogP contribution in [0.1, 0.15) is 59.4 Å². The van der Waals surface area contributed by atoms with E-state index in [-0.39, 0.29) is 19.5 Å². The molecule has 0 N–H and O–H groups in total. The Kier molecular flexibility index (Phi) is 3.58. The molecule has 2 aliphatic heterocycles. The van der Waals surface area contributed by atoms with Crippen LogP contribution < -0.4 is 9.68 Å². The molecule has 1 amide bonds. The van der Waals surface area contributed by atoms with Crippen LogP contribution in [0, 0.1) is 0 Å². The molecule has 0 aliphatic carbocycles. The highest BCUT2D eigenvalue weighted by Crippen LogP contribution is 2.38. The molecule has 0 bridgehead atoms. The van der Waals surface area contributed by atoms with Gasteiger partial charge >= 0.3 is 13.2 Å². The maximum atomic E-state index is 12.8. The highest BCUT2D eigenvalue weighted by Gasteiger charge is 2.53. The molecule has 0 saturated carbocycles. The fourth-order valence-electron chi connectivity index (χ4n) is 2.24. The number of rotatable bonds is 2. The van der Waals surface area contributed by atoms with Crippen LogP contribution in [0.5, 0.6) is 0 Å². The number of anilines is 1. The van der Waals surface area contributed by atoms with Crippen molar-refractivity contribution in [1.82, 2.24) is 9.88 Å². The monoisotopic (exact) mass is 481 g/mol. The van der Waals surface area contributed by atoms with Crippen molar-refractivity contribution in [2.24, 2.45) is 0 Å². The zero-order chi connectivity index (χ0) is 28.1. The number of ether oxygens (including phenoxy) is 1. The Morgan fingerprint density at radius 1 is 1.21 bits per heavy atom. The van der Waals surface area contributed by atoms with Gasteiger partial charge in [0.25, 0.3) is 0 Å². The number of hydrogen-bond acceptors (Lipinski definition) is 7. The van der Waals surface area contributed by atoms with Crippen LogP contribution in [0.25, 0.3) is 0 Å². The van der Waals surface area contributed by atoms with E-state index in [9.17, 15) is 4.79 Å². The third kappa shape index (κ3) is 4.50. The van der Waals surface area contributed by atoms with Gasteiger partial charge in [0.2, 0.25) is 0 Å². The SMILES string of the molecule is [2H]C1([2H])N(C(=O)OC(C)(C)C)C([2H])([2H])C([2H])([2H])N(c2nc(Br)c(B3OC(C)(C)C(C)(C)O3)s2)C1([2H])[2H]. The molecular formula is C18H29BBrN3O4S. The Hall–Kier alpha value is -0.835. The van der Waals surface area contributed by atoms with Gasteiger partial charge in [-0.25, -0.2) is 9.78 Å². The van der Waals surface area contributed by atoms with Crippen LogP contribution in [0.2, 0.25) is 0 Å². The Labute approximate surface area is 191 Å². The van der Waals surface area contributed by atoms with Crippen molar-refractivity contribution in [2.75, 3.05) is 30.9 Å². The van der Waals surface area contributed by atoms with Crippen LogP contribution >= 0.6 is 27.3 Å². The predicted octanol–water partition coefficient (Wildman–Crippen LogP) is 3.26. The zero-order valence-electron chi connectivity index (χ0n) is 24.8. The molecule has 3 rings (SSSR count). The second-order valence-electron chi connectivity index (χ2n) is 8.34. The van der Waals surface area contributed by atoms with Crippen molar-refractivity contribution >= 4 is 50.4 Å². The molecule has 10 heteroatoms. The number of thiazole rings is 1. The molecule has 28 heavy (non-hydrogen) atoms. The number of piperazine rings is 1. The molecule has 3 heterocycles. The third-order valence-electron chi connectivity index (χ3n) is 4.38. The molecular weight excluding hydrogens is 445 g/mol. The fraction of sp³-hybridized carbons (Fsp3) is 0.778. The van der Waals surface area contributed by atoms with Gasteiger partial charge in [0, 0.05) is 26.0 Å². The summed E-state index contributed by atoms with van der Waals surface area (Å²) in [6.07, 6.45) is -1.54. The van der Waals surface area contributed by atoms with Crippen LogP contribution in [-0.2, 0) is 14.0 Å². The minimum atomic E-state index is -3.38. The van der Waals surface area contributed by atoms with Crippen molar-refractivity contribution in [2.45, 2.75) is 65.3 Å². The summed E-state index contributed by atoms with van der Waals surface area (Å²) in [7, 11) is -0.941. The summed E-state index contributed by atoms with van der Waals surface area (Å²) in [5, 5.41) is -0.377. The van der Waals surface area contributed by atoms with Gasteiger partial charge in [-0.2, -0.15) is 0 Å². The first-order valence-electron chi connectivity index (χ1n) is 12.7. The van der Waals surface area contributed by atoms with Crippen molar-refractivity contribution in [3.05, 3.63) is 4.60 Å². The van der Waals surface area contributed by atoms with Gasteiger partial charge in [0.1, 0.15) is 10.2 Å². The maximum absolute atomic E-state index is 12.8. The fourth-order valence-corrected chi connectivity index (χ4v) is 3.80. The quantitative estimate of drug-likeness (QED) is 0.604. The summed E-state index contributed by atoms with van der Waals surface area (Å²) >= 11 is 4.03. The van der Waals surface area contributed by atoms with Gasteiger partial charge in [0.15, 0.2) is 5.13 Å². The lowest BCUT2D eigenvalue weighted by Crippen LogP contribution is -2.50. The highest BCUT2D eigenvalue weighted by atomic mass is 79.9. The number of carbonyl (C=O) groups excluding carboxylic acids is 1. The number of carbonyl (C=O) groups is 1. The van der Waals surface area contributed by atoms with Crippen LogP contribution in [0.3, 0.4) is 0 Å². The lowest BCUT2D eigenvalue weighted by Gasteiger charge is -2.35. The van der Waals surface area contributed by atoms with Crippen LogP contribution in [0.4, 0.5) is 9.93 Å². The van der Waals surface area contributed by atoms with Crippen molar-refractivity contribution in [3.8, 4) is 0 Å². The molecule has 0 radical (unpaired) electrons. The number of amides is 1. The summed E-state index contributed by atoms with van der Waals surface area (Å²) in [6, 6.07) is 0. The molecule has 7 nitrogen and oxygen atoms in total. The number of nitrogens with zero attached hydrogens (tertiary/aromatic N) is 3. The van der Waals surface area contributed by atoms with Crippen molar-refractivity contribution in [1.29, 1.82) is 0 Å². The normalized spacial score (nSPS) is 33.4. The van der Waals surface area contributed by atoms with Gasteiger partial charge in [-0.1, -0.05) is 0 Å². The van der Waals surface area contributed by atoms with E-state index in [1.165, 1.54) is 20.8 Å². The summed E-state index contributed by atoms with van der Waals surface area (Å²) in [6.45, 7) is -1.59. The summed E-state index contributed by atoms with van der Waals surface area (Å²) in [5.41, 5.74) is -2.59. The van der Waals surface area contributed by atoms with E-state index >= 15 is 0 Å². The Morgan fingerprint density at radius 3 is 2.25 bits per heavy atom. The molecule has 0 aromatic carbocycles. The third-order valence-corrected chi connectivity index (χ3v) is 6.31. The van der Waals surface area contributed by atoms with Gasteiger partial charge in [-0.05, 0) is 64.4 Å². The summed E-state index contributed by atoms with van der Waals surface area (Å²) in [4.78, 5) is 17.1. The smallest absolute Gasteiger partial charge is 0.444 e. The van der Waals surface area contributed by atoms with Crippen LogP contribution in [-0.4, -0.2) is 65.9 Å². The molecule has 2 fully saturated rings. The molecule has 1 aromatic heterocycles. The number of aromatic nitrogens is 1. The molecule has 2 saturated heterocycles. The molecule has 0 atom stereocenters. The number of halogens is 1. The standard InChI is InChI=1S/C18H29BBrN3O4S/c1-16(2,3)25-15(24)23-10-8-22(9-11-23)14-21-13(20)12(28-14)19-26-17(4,5)18(6,7)27-19/h8-11H2,1-7H3/i8D2,9D2,10D2,11D2. The lowest BCUT2D eigenvalue weighted by atomic mass is 9.89.